The number of nitriles is 1. The third-order valence-electron chi connectivity index (χ3n) is 3.98. The highest BCUT2D eigenvalue weighted by atomic mass is 16.1. The van der Waals surface area contributed by atoms with Gasteiger partial charge in [-0.2, -0.15) is 10.4 Å². The average molecular weight is 345 g/mol. The van der Waals surface area contributed by atoms with Crippen LogP contribution >= 0.6 is 0 Å². The van der Waals surface area contributed by atoms with Crippen molar-refractivity contribution in [2.24, 2.45) is 0 Å². The Hall–Kier alpha value is -3.59. The lowest BCUT2D eigenvalue weighted by atomic mass is 10.1. The van der Waals surface area contributed by atoms with Crippen LogP contribution in [-0.4, -0.2) is 22.2 Å². The molecule has 2 N–H and O–H groups in total. The highest BCUT2D eigenvalue weighted by molar-refractivity contribution is 5.81. The van der Waals surface area contributed by atoms with Crippen LogP contribution in [0.4, 0.5) is 5.69 Å². The summed E-state index contributed by atoms with van der Waals surface area (Å²) in [4.78, 5) is 12.2. The first-order chi connectivity index (χ1) is 12.7. The van der Waals surface area contributed by atoms with Crippen LogP contribution < -0.4 is 10.6 Å². The SMILES string of the molecule is C[C@H](NC(=O)CNc1ccc(C#N)cc1)c1cccc(-n2cccn2)c1. The molecule has 6 heteroatoms. The van der Waals surface area contributed by atoms with Gasteiger partial charge in [-0.3, -0.25) is 4.79 Å². The van der Waals surface area contributed by atoms with E-state index in [1.807, 2.05) is 43.5 Å². The molecule has 26 heavy (non-hydrogen) atoms. The number of carbonyl (C=O) groups excluding carboxylic acids is 1. The molecule has 0 aliphatic carbocycles. The standard InChI is InChI=1S/C20H19N5O/c1-15(17-4-2-5-19(12-17)25-11-3-10-23-25)24-20(26)14-22-18-8-6-16(13-21)7-9-18/h2-12,15,22H,14H2,1H3,(H,24,26)/t15-/m0/s1. The van der Waals surface area contributed by atoms with E-state index >= 15 is 0 Å². The second-order valence-corrected chi connectivity index (χ2v) is 5.88. The number of anilines is 1. The van der Waals surface area contributed by atoms with Crippen LogP contribution in [0.25, 0.3) is 5.69 Å². The fourth-order valence-corrected chi connectivity index (χ4v) is 2.58. The number of benzene rings is 2. The third-order valence-corrected chi connectivity index (χ3v) is 3.98. The van der Waals surface area contributed by atoms with Crippen LogP contribution in [0.3, 0.4) is 0 Å². The topological polar surface area (TPSA) is 82.7 Å². The van der Waals surface area contributed by atoms with Crippen LogP contribution in [0, 0.1) is 11.3 Å². The molecule has 1 atom stereocenters. The van der Waals surface area contributed by atoms with E-state index < -0.39 is 0 Å². The maximum absolute atomic E-state index is 12.2. The van der Waals surface area contributed by atoms with Gasteiger partial charge in [0.25, 0.3) is 0 Å². The monoisotopic (exact) mass is 345 g/mol. The molecule has 0 spiro atoms. The van der Waals surface area contributed by atoms with Crippen molar-refractivity contribution in [1.82, 2.24) is 15.1 Å². The van der Waals surface area contributed by atoms with E-state index in [4.69, 9.17) is 5.26 Å². The number of carbonyl (C=O) groups is 1. The van der Waals surface area contributed by atoms with E-state index in [1.54, 1.807) is 35.1 Å². The largest absolute Gasteiger partial charge is 0.376 e. The molecule has 0 unspecified atom stereocenters. The summed E-state index contributed by atoms with van der Waals surface area (Å²) in [7, 11) is 0. The molecule has 0 fully saturated rings. The molecular formula is C20H19N5O. The highest BCUT2D eigenvalue weighted by Gasteiger charge is 2.10. The van der Waals surface area contributed by atoms with Crippen molar-refractivity contribution >= 4 is 11.6 Å². The summed E-state index contributed by atoms with van der Waals surface area (Å²) in [5.74, 6) is -0.105. The second-order valence-electron chi connectivity index (χ2n) is 5.88. The zero-order valence-corrected chi connectivity index (χ0v) is 14.4. The lowest BCUT2D eigenvalue weighted by Crippen LogP contribution is -2.32. The van der Waals surface area contributed by atoms with E-state index in [2.05, 4.69) is 21.8 Å². The molecule has 0 saturated carbocycles. The molecule has 1 amide bonds. The molecule has 6 nitrogen and oxygen atoms in total. The van der Waals surface area contributed by atoms with Crippen LogP contribution in [0.15, 0.2) is 67.0 Å². The molecule has 0 saturated heterocycles. The summed E-state index contributed by atoms with van der Waals surface area (Å²) >= 11 is 0. The van der Waals surface area contributed by atoms with Gasteiger partial charge < -0.3 is 10.6 Å². The summed E-state index contributed by atoms with van der Waals surface area (Å²) in [6.07, 6.45) is 3.61. The van der Waals surface area contributed by atoms with Crippen LogP contribution in [0.5, 0.6) is 0 Å². The molecule has 0 aliphatic rings. The summed E-state index contributed by atoms with van der Waals surface area (Å²) in [5.41, 5.74) is 3.34. The van der Waals surface area contributed by atoms with Crippen molar-refractivity contribution in [2.45, 2.75) is 13.0 Å². The van der Waals surface area contributed by atoms with Gasteiger partial charge in [-0.1, -0.05) is 12.1 Å². The summed E-state index contributed by atoms with van der Waals surface area (Å²) in [5, 5.41) is 19.0. The van der Waals surface area contributed by atoms with Crippen LogP contribution in [-0.2, 0) is 4.79 Å². The molecule has 3 rings (SSSR count). The Labute approximate surface area is 152 Å². The Morgan fingerprint density at radius 2 is 2.04 bits per heavy atom. The lowest BCUT2D eigenvalue weighted by molar-refractivity contribution is -0.120. The average Bonchev–Trinajstić information content (AvgIpc) is 3.22. The second kappa shape index (κ2) is 7.99. The highest BCUT2D eigenvalue weighted by Crippen LogP contribution is 2.16. The first-order valence-electron chi connectivity index (χ1n) is 8.29. The van der Waals surface area contributed by atoms with Crippen LogP contribution in [0.1, 0.15) is 24.1 Å². The normalized spacial score (nSPS) is 11.4. The Morgan fingerprint density at radius 1 is 1.23 bits per heavy atom. The molecule has 1 aromatic heterocycles. The van der Waals surface area contributed by atoms with Gasteiger partial charge in [0, 0.05) is 18.1 Å². The number of nitrogens with one attached hydrogen (secondary N) is 2. The van der Waals surface area contributed by atoms with Gasteiger partial charge in [0.15, 0.2) is 0 Å². The quantitative estimate of drug-likeness (QED) is 0.719. The molecule has 130 valence electrons. The van der Waals surface area contributed by atoms with E-state index in [-0.39, 0.29) is 18.5 Å². The minimum Gasteiger partial charge on any atom is -0.376 e. The van der Waals surface area contributed by atoms with E-state index in [9.17, 15) is 4.79 Å². The number of nitrogens with zero attached hydrogens (tertiary/aromatic N) is 3. The lowest BCUT2D eigenvalue weighted by Gasteiger charge is -2.16. The van der Waals surface area contributed by atoms with Gasteiger partial charge in [0.1, 0.15) is 0 Å². The van der Waals surface area contributed by atoms with Crippen molar-refractivity contribution in [3.8, 4) is 11.8 Å². The third kappa shape index (κ3) is 4.28. The minimum atomic E-state index is -0.124. The minimum absolute atomic E-state index is 0.105. The van der Waals surface area contributed by atoms with Crippen molar-refractivity contribution in [1.29, 1.82) is 5.26 Å². The Bertz CT molecular complexity index is 910. The van der Waals surface area contributed by atoms with Gasteiger partial charge >= 0.3 is 0 Å². The number of hydrogen-bond donors (Lipinski definition) is 2. The van der Waals surface area contributed by atoms with E-state index in [0.717, 1.165) is 16.9 Å². The van der Waals surface area contributed by atoms with Crippen molar-refractivity contribution < 1.29 is 4.79 Å². The van der Waals surface area contributed by atoms with Crippen molar-refractivity contribution in [3.05, 3.63) is 78.1 Å². The molecule has 0 aliphatic heterocycles. The smallest absolute Gasteiger partial charge is 0.239 e. The molecule has 2 aromatic carbocycles. The fourth-order valence-electron chi connectivity index (χ4n) is 2.58. The van der Waals surface area contributed by atoms with Crippen molar-refractivity contribution in [2.75, 3.05) is 11.9 Å². The maximum Gasteiger partial charge on any atom is 0.239 e. The number of hydrogen-bond acceptors (Lipinski definition) is 4. The predicted molar refractivity (Wildman–Crippen MR) is 99.8 cm³/mol. The summed E-state index contributed by atoms with van der Waals surface area (Å²) in [6.45, 7) is 2.11. The number of rotatable bonds is 6. The van der Waals surface area contributed by atoms with Gasteiger partial charge in [0.2, 0.25) is 5.91 Å². The Kier molecular flexibility index (Phi) is 5.30. The molecule has 0 radical (unpaired) electrons. The van der Waals surface area contributed by atoms with E-state index in [1.165, 1.54) is 0 Å². The molecule has 3 aromatic rings. The number of amides is 1. The van der Waals surface area contributed by atoms with Gasteiger partial charge in [-0.05, 0) is 55.0 Å². The predicted octanol–water partition coefficient (Wildman–Crippen LogP) is 3.03. The van der Waals surface area contributed by atoms with Gasteiger partial charge in [-0.15, -0.1) is 0 Å². The maximum atomic E-state index is 12.2. The van der Waals surface area contributed by atoms with E-state index in [0.29, 0.717) is 5.56 Å². The van der Waals surface area contributed by atoms with Gasteiger partial charge in [0.05, 0.1) is 29.9 Å². The first-order valence-corrected chi connectivity index (χ1v) is 8.29. The first kappa shape index (κ1) is 17.2. The molecular weight excluding hydrogens is 326 g/mol. The Morgan fingerprint density at radius 3 is 2.73 bits per heavy atom. The molecule has 0 bridgehead atoms. The van der Waals surface area contributed by atoms with Gasteiger partial charge in [-0.25, -0.2) is 4.68 Å². The molecule has 1 heterocycles. The fraction of sp³-hybridized carbons (Fsp3) is 0.150. The zero-order chi connectivity index (χ0) is 18.4. The van der Waals surface area contributed by atoms with Crippen LogP contribution in [0.2, 0.25) is 0 Å². The number of aromatic nitrogens is 2. The Balaban J connectivity index is 1.57. The zero-order valence-electron chi connectivity index (χ0n) is 14.4. The summed E-state index contributed by atoms with van der Waals surface area (Å²) < 4.78 is 1.78. The van der Waals surface area contributed by atoms with Crippen molar-refractivity contribution in [3.63, 3.8) is 0 Å². The summed E-state index contributed by atoms with van der Waals surface area (Å²) in [6, 6.07) is 18.7.